The summed E-state index contributed by atoms with van der Waals surface area (Å²) in [7, 11) is 0. The summed E-state index contributed by atoms with van der Waals surface area (Å²) in [5, 5.41) is 3.32. The fourth-order valence-corrected chi connectivity index (χ4v) is 2.84. The first-order valence-corrected chi connectivity index (χ1v) is 9.09. The lowest BCUT2D eigenvalue weighted by molar-refractivity contribution is -0.116. The number of esters is 1. The van der Waals surface area contributed by atoms with Crippen LogP contribution in [0.1, 0.15) is 30.1 Å². The van der Waals surface area contributed by atoms with Crippen LogP contribution in [-0.2, 0) is 16.1 Å². The van der Waals surface area contributed by atoms with Crippen LogP contribution in [0, 0.1) is 0 Å². The molecule has 7 nitrogen and oxygen atoms in total. The van der Waals surface area contributed by atoms with E-state index in [0.717, 1.165) is 0 Å². The summed E-state index contributed by atoms with van der Waals surface area (Å²) < 4.78 is 6.46. The van der Waals surface area contributed by atoms with Crippen molar-refractivity contribution in [1.29, 1.82) is 0 Å². The van der Waals surface area contributed by atoms with Crippen molar-refractivity contribution in [3.8, 4) is 0 Å². The van der Waals surface area contributed by atoms with Gasteiger partial charge >= 0.3 is 5.97 Å². The predicted octanol–water partition coefficient (Wildman–Crippen LogP) is 2.99. The van der Waals surface area contributed by atoms with Crippen LogP contribution in [-0.4, -0.2) is 28.0 Å². The Bertz CT molecular complexity index is 1060. The van der Waals surface area contributed by atoms with Gasteiger partial charge < -0.3 is 10.1 Å². The minimum Gasteiger partial charge on any atom is -0.462 e. The number of hydrogen-bond acceptors (Lipinski definition) is 5. The van der Waals surface area contributed by atoms with Crippen LogP contribution in [0.3, 0.4) is 0 Å². The molecule has 1 N–H and O–H groups in total. The average Bonchev–Trinajstić information content (AvgIpc) is 2.70. The van der Waals surface area contributed by atoms with Crippen molar-refractivity contribution in [1.82, 2.24) is 9.55 Å². The predicted molar refractivity (Wildman–Crippen MR) is 106 cm³/mol. The van der Waals surface area contributed by atoms with Crippen LogP contribution in [0.2, 0.25) is 0 Å². The minimum absolute atomic E-state index is 0.117. The molecular weight excluding hydrogens is 358 g/mol. The summed E-state index contributed by atoms with van der Waals surface area (Å²) in [4.78, 5) is 40.6. The van der Waals surface area contributed by atoms with E-state index in [0.29, 0.717) is 41.7 Å². The molecule has 1 heterocycles. The number of carbonyl (C=O) groups is 2. The Hall–Kier alpha value is -3.48. The fourth-order valence-electron chi connectivity index (χ4n) is 2.84. The fraction of sp³-hybridized carbons (Fsp3) is 0.238. The van der Waals surface area contributed by atoms with Gasteiger partial charge in [-0.15, -0.1) is 0 Å². The highest BCUT2D eigenvalue weighted by molar-refractivity contribution is 5.94. The van der Waals surface area contributed by atoms with Gasteiger partial charge in [0.05, 0.1) is 29.4 Å². The van der Waals surface area contributed by atoms with Gasteiger partial charge in [0.1, 0.15) is 0 Å². The standard InChI is InChI=1S/C21H21N3O4/c1-2-28-21(27)15-7-5-8-16(13-15)23-19(25)11-6-12-24-14-22-18-10-4-3-9-17(18)20(24)26/h3-5,7-10,13-14H,2,6,11-12H2,1H3,(H,23,25). The van der Waals surface area contributed by atoms with E-state index in [4.69, 9.17) is 4.74 Å². The first-order chi connectivity index (χ1) is 13.6. The quantitative estimate of drug-likeness (QED) is 0.638. The summed E-state index contributed by atoms with van der Waals surface area (Å²) >= 11 is 0. The molecule has 0 aliphatic rings. The van der Waals surface area contributed by atoms with Crippen LogP contribution in [0.4, 0.5) is 5.69 Å². The van der Waals surface area contributed by atoms with Crippen molar-refractivity contribution in [2.45, 2.75) is 26.3 Å². The van der Waals surface area contributed by atoms with Gasteiger partial charge in [0.15, 0.2) is 0 Å². The molecule has 3 aromatic rings. The number of fused-ring (bicyclic) bond motifs is 1. The number of para-hydroxylation sites is 1. The molecule has 0 fully saturated rings. The lowest BCUT2D eigenvalue weighted by atomic mass is 10.2. The number of nitrogens with zero attached hydrogens (tertiary/aromatic N) is 2. The zero-order valence-corrected chi connectivity index (χ0v) is 15.6. The van der Waals surface area contributed by atoms with Gasteiger partial charge in [-0.2, -0.15) is 0 Å². The second-order valence-electron chi connectivity index (χ2n) is 6.21. The zero-order valence-electron chi connectivity index (χ0n) is 15.6. The Morgan fingerprint density at radius 3 is 2.79 bits per heavy atom. The number of anilines is 1. The molecule has 2 aromatic carbocycles. The summed E-state index contributed by atoms with van der Waals surface area (Å²) in [6.45, 7) is 2.42. The van der Waals surface area contributed by atoms with Gasteiger partial charge in [-0.3, -0.25) is 14.2 Å². The van der Waals surface area contributed by atoms with E-state index in [1.807, 2.05) is 6.07 Å². The SMILES string of the molecule is CCOC(=O)c1cccc(NC(=O)CCCn2cnc3ccccc3c2=O)c1. The van der Waals surface area contributed by atoms with E-state index in [-0.39, 0.29) is 17.9 Å². The molecule has 3 rings (SSSR count). The Kier molecular flexibility index (Phi) is 6.16. The normalized spacial score (nSPS) is 10.6. The Labute approximate surface area is 162 Å². The summed E-state index contributed by atoms with van der Waals surface area (Å²) in [6.07, 6.45) is 2.23. The Balaban J connectivity index is 1.57. The van der Waals surface area contributed by atoms with Gasteiger partial charge in [-0.05, 0) is 43.7 Å². The average molecular weight is 379 g/mol. The van der Waals surface area contributed by atoms with E-state index >= 15 is 0 Å². The number of benzene rings is 2. The van der Waals surface area contributed by atoms with Gasteiger partial charge in [0.25, 0.3) is 5.56 Å². The molecule has 1 amide bonds. The summed E-state index contributed by atoms with van der Waals surface area (Å²) in [5.74, 6) is -0.621. The largest absolute Gasteiger partial charge is 0.462 e. The summed E-state index contributed by atoms with van der Waals surface area (Å²) in [6, 6.07) is 13.8. The molecule has 0 saturated carbocycles. The third kappa shape index (κ3) is 4.62. The van der Waals surface area contributed by atoms with Crippen LogP contribution in [0.25, 0.3) is 10.9 Å². The van der Waals surface area contributed by atoms with Crippen molar-refractivity contribution in [3.63, 3.8) is 0 Å². The maximum atomic E-state index is 12.4. The van der Waals surface area contributed by atoms with Crippen molar-refractivity contribution in [2.24, 2.45) is 0 Å². The summed E-state index contributed by atoms with van der Waals surface area (Å²) in [5.41, 5.74) is 1.45. The van der Waals surface area contributed by atoms with E-state index in [9.17, 15) is 14.4 Å². The number of rotatable bonds is 7. The molecule has 1 aromatic heterocycles. The molecule has 7 heteroatoms. The number of aryl methyl sites for hydroxylation is 1. The minimum atomic E-state index is -0.429. The molecule has 0 saturated heterocycles. The van der Waals surface area contributed by atoms with E-state index in [2.05, 4.69) is 10.3 Å². The number of carbonyl (C=O) groups excluding carboxylic acids is 2. The van der Waals surface area contributed by atoms with Gasteiger partial charge in [-0.25, -0.2) is 9.78 Å². The third-order valence-corrected chi connectivity index (χ3v) is 4.19. The second-order valence-corrected chi connectivity index (χ2v) is 6.21. The number of hydrogen-bond donors (Lipinski definition) is 1. The van der Waals surface area contributed by atoms with Gasteiger partial charge in [0, 0.05) is 18.7 Å². The molecule has 0 bridgehead atoms. The molecule has 0 aliphatic carbocycles. The first-order valence-electron chi connectivity index (χ1n) is 9.09. The zero-order chi connectivity index (χ0) is 19.9. The molecule has 0 unspecified atom stereocenters. The maximum Gasteiger partial charge on any atom is 0.338 e. The molecule has 0 aliphatic heterocycles. The van der Waals surface area contributed by atoms with Crippen LogP contribution in [0.15, 0.2) is 59.7 Å². The number of amides is 1. The van der Waals surface area contributed by atoms with Crippen LogP contribution >= 0.6 is 0 Å². The molecule has 0 spiro atoms. The van der Waals surface area contributed by atoms with Crippen LogP contribution < -0.4 is 10.9 Å². The van der Waals surface area contributed by atoms with E-state index in [1.54, 1.807) is 49.4 Å². The molecule has 28 heavy (non-hydrogen) atoms. The monoisotopic (exact) mass is 379 g/mol. The Morgan fingerprint density at radius 1 is 1.14 bits per heavy atom. The first kappa shape index (κ1) is 19.3. The molecular formula is C21H21N3O4. The van der Waals surface area contributed by atoms with Crippen molar-refractivity contribution in [2.75, 3.05) is 11.9 Å². The number of ether oxygens (including phenoxy) is 1. The van der Waals surface area contributed by atoms with E-state index < -0.39 is 5.97 Å². The van der Waals surface area contributed by atoms with Crippen molar-refractivity contribution >= 4 is 28.5 Å². The molecule has 0 atom stereocenters. The highest BCUT2D eigenvalue weighted by atomic mass is 16.5. The smallest absolute Gasteiger partial charge is 0.338 e. The highest BCUT2D eigenvalue weighted by Crippen LogP contribution is 2.13. The number of aromatic nitrogens is 2. The molecule has 0 radical (unpaired) electrons. The van der Waals surface area contributed by atoms with Crippen molar-refractivity contribution in [3.05, 3.63) is 70.8 Å². The van der Waals surface area contributed by atoms with Gasteiger partial charge in [-0.1, -0.05) is 18.2 Å². The topological polar surface area (TPSA) is 90.3 Å². The Morgan fingerprint density at radius 2 is 1.96 bits per heavy atom. The lowest BCUT2D eigenvalue weighted by Gasteiger charge is -2.08. The van der Waals surface area contributed by atoms with Crippen LogP contribution in [0.5, 0.6) is 0 Å². The van der Waals surface area contributed by atoms with Gasteiger partial charge in [0.2, 0.25) is 5.91 Å². The second kappa shape index (κ2) is 8.94. The van der Waals surface area contributed by atoms with Crippen molar-refractivity contribution < 1.29 is 14.3 Å². The highest BCUT2D eigenvalue weighted by Gasteiger charge is 2.09. The van der Waals surface area contributed by atoms with E-state index in [1.165, 1.54) is 10.9 Å². The lowest BCUT2D eigenvalue weighted by Crippen LogP contribution is -2.21. The number of nitrogens with one attached hydrogen (secondary N) is 1. The third-order valence-electron chi connectivity index (χ3n) is 4.19. The molecule has 144 valence electrons. The maximum absolute atomic E-state index is 12.4.